The molecule has 134 valence electrons. The zero-order chi connectivity index (χ0) is 19.1. The van der Waals surface area contributed by atoms with Crippen LogP contribution in [0.1, 0.15) is 27.7 Å². The van der Waals surface area contributed by atoms with Crippen LogP contribution in [-0.2, 0) is 0 Å². The summed E-state index contributed by atoms with van der Waals surface area (Å²) in [6, 6.07) is 13.9. The Balaban J connectivity index is 1.84. The van der Waals surface area contributed by atoms with Gasteiger partial charge in [-0.1, -0.05) is 30.3 Å². The molecular formula is C20H13N2O3S2-. The van der Waals surface area contributed by atoms with E-state index in [1.807, 2.05) is 37.3 Å². The maximum atomic E-state index is 11.1. The minimum absolute atomic E-state index is 0.0209. The molecule has 27 heavy (non-hydrogen) atoms. The normalized spacial score (nSPS) is 14.3. The van der Waals surface area contributed by atoms with Crippen LogP contribution in [0.3, 0.4) is 0 Å². The molecule has 2 aromatic carbocycles. The van der Waals surface area contributed by atoms with Crippen molar-refractivity contribution < 1.29 is 15.0 Å². The third-order valence-corrected chi connectivity index (χ3v) is 5.61. The zero-order valence-electron chi connectivity index (χ0n) is 14.2. The molecule has 0 amide bonds. The fourth-order valence-electron chi connectivity index (χ4n) is 3.02. The summed E-state index contributed by atoms with van der Waals surface area (Å²) < 4.78 is 1.86. The molecule has 1 aromatic heterocycles. The first-order valence-corrected chi connectivity index (χ1v) is 9.31. The number of fused-ring (bicyclic) bond motifs is 1. The van der Waals surface area contributed by atoms with Crippen molar-refractivity contribution in [1.29, 1.82) is 0 Å². The lowest BCUT2D eigenvalue weighted by atomic mass is 10.0. The van der Waals surface area contributed by atoms with Crippen LogP contribution in [0.2, 0.25) is 0 Å². The molecule has 7 heteroatoms. The first-order valence-electron chi connectivity index (χ1n) is 8.09. The number of carboxylic acid groups (broad SMARTS) is 1. The Morgan fingerprint density at radius 1 is 1.26 bits per heavy atom. The fourth-order valence-corrected chi connectivity index (χ4v) is 4.32. The predicted octanol–water partition coefficient (Wildman–Crippen LogP) is 3.98. The number of hydrogen-bond donors (Lipinski definition) is 1. The number of aromatic nitrogens is 1. The molecule has 0 radical (unpaired) electrons. The lowest BCUT2D eigenvalue weighted by molar-refractivity contribution is -0.255. The summed E-state index contributed by atoms with van der Waals surface area (Å²) in [5.41, 5.74) is 4.17. The monoisotopic (exact) mass is 393 g/mol. The predicted molar refractivity (Wildman–Crippen MR) is 108 cm³/mol. The van der Waals surface area contributed by atoms with Crippen LogP contribution in [0.25, 0.3) is 17.3 Å². The molecule has 0 saturated carbocycles. The Labute approximate surface area is 164 Å². The maximum Gasteiger partial charge on any atom is 0.215 e. The van der Waals surface area contributed by atoms with E-state index in [1.165, 1.54) is 28.0 Å². The summed E-state index contributed by atoms with van der Waals surface area (Å²) in [5.74, 6) is -1.32. The van der Waals surface area contributed by atoms with E-state index in [0.29, 0.717) is 14.5 Å². The van der Waals surface area contributed by atoms with Crippen LogP contribution >= 0.6 is 23.6 Å². The quantitative estimate of drug-likeness (QED) is 0.683. The highest BCUT2D eigenvalue weighted by atomic mass is 32.1. The topological polar surface area (TPSA) is 77.7 Å². The number of thiazole rings is 1. The van der Waals surface area contributed by atoms with Crippen molar-refractivity contribution in [2.45, 2.75) is 6.92 Å². The fraction of sp³-hybridized carbons (Fsp3) is 0.0500. The maximum absolute atomic E-state index is 11.1. The summed E-state index contributed by atoms with van der Waals surface area (Å²) in [6.07, 6.45) is 1.86. The Bertz CT molecular complexity index is 1200. The minimum Gasteiger partial charge on any atom is -0.545 e. The van der Waals surface area contributed by atoms with Gasteiger partial charge < -0.3 is 15.0 Å². The summed E-state index contributed by atoms with van der Waals surface area (Å²) in [4.78, 5) is 16.2. The van der Waals surface area contributed by atoms with Gasteiger partial charge in [0.2, 0.25) is 5.88 Å². The lowest BCUT2D eigenvalue weighted by Gasteiger charge is -2.08. The number of aromatic carboxylic acids is 1. The molecule has 1 N–H and O–H groups in total. The number of aliphatic imine (C=N–C) groups is 1. The van der Waals surface area contributed by atoms with Gasteiger partial charge in [-0.05, 0) is 49.0 Å². The molecule has 0 atom stereocenters. The lowest BCUT2D eigenvalue weighted by Crippen LogP contribution is -2.22. The van der Waals surface area contributed by atoms with E-state index < -0.39 is 5.97 Å². The van der Waals surface area contributed by atoms with Crippen LogP contribution in [0.5, 0.6) is 5.88 Å². The van der Waals surface area contributed by atoms with Crippen molar-refractivity contribution in [1.82, 2.24) is 4.57 Å². The minimum atomic E-state index is -1.28. The Kier molecular flexibility index (Phi) is 4.25. The highest BCUT2D eigenvalue weighted by Gasteiger charge is 2.19. The molecule has 0 saturated heterocycles. The van der Waals surface area contributed by atoms with Crippen LogP contribution in [-0.4, -0.2) is 21.4 Å². The number of hydrogen-bond acceptors (Lipinski definition) is 6. The Hall–Kier alpha value is -3.03. The zero-order valence-corrected chi connectivity index (χ0v) is 15.8. The van der Waals surface area contributed by atoms with E-state index in [9.17, 15) is 15.0 Å². The van der Waals surface area contributed by atoms with Gasteiger partial charge in [-0.2, -0.15) is 0 Å². The molecule has 0 aliphatic carbocycles. The van der Waals surface area contributed by atoms with E-state index >= 15 is 0 Å². The van der Waals surface area contributed by atoms with Crippen molar-refractivity contribution in [3.05, 3.63) is 68.5 Å². The summed E-state index contributed by atoms with van der Waals surface area (Å²) >= 11 is 6.65. The number of nitrogens with zero attached hydrogens (tertiary/aromatic N) is 2. The third-order valence-electron chi connectivity index (χ3n) is 4.30. The number of para-hydroxylation sites is 1. The average Bonchev–Trinajstić information content (AvgIpc) is 3.11. The standard InChI is InChI=1S/C20H14N2O3S2/c1-11-15(14-7-2-3-8-16(14)21-11)10-17-18(23)22(20(26)27-17)13-6-4-5-12(9-13)19(24)25/h2-10,23H,1H3,(H,24,25)/p-1/b15-10+. The van der Waals surface area contributed by atoms with E-state index in [0.717, 1.165) is 22.5 Å². The molecule has 2 heterocycles. The van der Waals surface area contributed by atoms with Gasteiger partial charge in [0.25, 0.3) is 0 Å². The molecule has 0 bridgehead atoms. The second kappa shape index (κ2) is 6.61. The van der Waals surface area contributed by atoms with E-state index in [1.54, 1.807) is 12.1 Å². The van der Waals surface area contributed by atoms with Gasteiger partial charge in [0.15, 0.2) is 3.95 Å². The van der Waals surface area contributed by atoms with Gasteiger partial charge in [-0.15, -0.1) is 11.3 Å². The SMILES string of the molecule is CC1=Nc2ccccc2/C1=C/c1sc(=S)n(-c2cccc(C(=O)[O-])c2)c1O. The van der Waals surface area contributed by atoms with Gasteiger partial charge in [0.05, 0.1) is 22.2 Å². The molecule has 5 nitrogen and oxygen atoms in total. The van der Waals surface area contributed by atoms with E-state index in [-0.39, 0.29) is 11.4 Å². The van der Waals surface area contributed by atoms with E-state index in [4.69, 9.17) is 12.2 Å². The van der Waals surface area contributed by atoms with Gasteiger partial charge in [0.1, 0.15) is 0 Å². The molecular weight excluding hydrogens is 380 g/mol. The molecule has 1 aliphatic rings. The van der Waals surface area contributed by atoms with Gasteiger partial charge in [0, 0.05) is 16.8 Å². The molecule has 0 spiro atoms. The Morgan fingerprint density at radius 3 is 2.81 bits per heavy atom. The average molecular weight is 393 g/mol. The largest absolute Gasteiger partial charge is 0.545 e. The number of rotatable bonds is 3. The van der Waals surface area contributed by atoms with Crippen LogP contribution < -0.4 is 5.11 Å². The van der Waals surface area contributed by atoms with Crippen molar-refractivity contribution in [2.75, 3.05) is 0 Å². The Morgan fingerprint density at radius 2 is 2.04 bits per heavy atom. The van der Waals surface area contributed by atoms with Gasteiger partial charge in [-0.3, -0.25) is 9.56 Å². The van der Waals surface area contributed by atoms with Crippen molar-refractivity contribution >= 4 is 52.6 Å². The molecule has 0 unspecified atom stereocenters. The number of carboxylic acids is 1. The van der Waals surface area contributed by atoms with Crippen LogP contribution in [0.4, 0.5) is 5.69 Å². The van der Waals surface area contributed by atoms with Crippen LogP contribution in [0.15, 0.2) is 53.5 Å². The van der Waals surface area contributed by atoms with Gasteiger partial charge in [-0.25, -0.2) is 0 Å². The van der Waals surface area contributed by atoms with Gasteiger partial charge >= 0.3 is 0 Å². The highest BCUT2D eigenvalue weighted by Crippen LogP contribution is 2.39. The second-order valence-corrected chi connectivity index (χ2v) is 7.68. The molecule has 0 fully saturated rings. The summed E-state index contributed by atoms with van der Waals surface area (Å²) in [7, 11) is 0. The second-order valence-electron chi connectivity index (χ2n) is 6.00. The molecule has 4 rings (SSSR count). The number of carbonyl (C=O) groups excluding carboxylic acids is 1. The summed E-state index contributed by atoms with van der Waals surface area (Å²) in [5, 5.41) is 21.9. The first kappa shape index (κ1) is 17.4. The number of allylic oxidation sites excluding steroid dienone is 1. The highest BCUT2D eigenvalue weighted by molar-refractivity contribution is 7.73. The molecule has 3 aromatic rings. The first-order chi connectivity index (χ1) is 13.0. The number of aromatic hydroxyl groups is 1. The smallest absolute Gasteiger partial charge is 0.215 e. The summed E-state index contributed by atoms with van der Waals surface area (Å²) in [6.45, 7) is 1.92. The van der Waals surface area contributed by atoms with Crippen molar-refractivity contribution in [3.8, 4) is 11.6 Å². The van der Waals surface area contributed by atoms with Crippen LogP contribution in [0, 0.1) is 3.95 Å². The molecule has 1 aliphatic heterocycles. The van der Waals surface area contributed by atoms with Crippen molar-refractivity contribution in [3.63, 3.8) is 0 Å². The van der Waals surface area contributed by atoms with Crippen molar-refractivity contribution in [2.24, 2.45) is 4.99 Å². The van der Waals surface area contributed by atoms with E-state index in [2.05, 4.69) is 4.99 Å². The number of carbonyl (C=O) groups is 1. The number of benzene rings is 2. The third kappa shape index (κ3) is 3.01.